The molecule has 2 aliphatic rings. The van der Waals surface area contributed by atoms with Gasteiger partial charge in [-0.25, -0.2) is 4.98 Å². The highest BCUT2D eigenvalue weighted by molar-refractivity contribution is 6.31. The molecule has 2 fully saturated rings. The molecule has 1 aliphatic carbocycles. The Bertz CT molecular complexity index is 806. The summed E-state index contributed by atoms with van der Waals surface area (Å²) in [4.78, 5) is 11.1. The number of ether oxygens (including phenoxy) is 2. The first-order chi connectivity index (χ1) is 14.7. The van der Waals surface area contributed by atoms with Gasteiger partial charge in [0.1, 0.15) is 5.02 Å². The van der Waals surface area contributed by atoms with Gasteiger partial charge >= 0.3 is 0 Å². The van der Waals surface area contributed by atoms with Crippen LogP contribution in [0.5, 0.6) is 5.88 Å². The van der Waals surface area contributed by atoms with E-state index in [1.807, 2.05) is 12.1 Å². The van der Waals surface area contributed by atoms with Crippen molar-refractivity contribution in [3.63, 3.8) is 0 Å². The minimum absolute atomic E-state index is 0.429. The number of nitrogens with one attached hydrogen (secondary N) is 1. The highest BCUT2D eigenvalue weighted by Gasteiger charge is 2.21. The number of hydrogen-bond acceptors (Lipinski definition) is 7. The molecule has 4 rings (SSSR count). The molecule has 0 unspecified atom stereocenters. The third-order valence-corrected chi connectivity index (χ3v) is 6.23. The Balaban J connectivity index is 1.33. The summed E-state index contributed by atoms with van der Waals surface area (Å²) in [5.41, 5.74) is 7.89. The van der Waals surface area contributed by atoms with Crippen LogP contribution in [0.2, 0.25) is 5.02 Å². The summed E-state index contributed by atoms with van der Waals surface area (Å²) < 4.78 is 11.4. The number of nitrogens with zero attached hydrogens (tertiary/aromatic N) is 3. The molecule has 0 radical (unpaired) electrons. The lowest BCUT2D eigenvalue weighted by Crippen LogP contribution is -2.36. The van der Waals surface area contributed by atoms with E-state index in [1.54, 1.807) is 6.20 Å². The maximum Gasteiger partial charge on any atom is 0.237 e. The topological polar surface area (TPSA) is 85.5 Å². The molecule has 0 atom stereocenters. The van der Waals surface area contributed by atoms with Crippen molar-refractivity contribution in [2.75, 3.05) is 49.7 Å². The number of benzene rings is 1. The van der Waals surface area contributed by atoms with Crippen molar-refractivity contribution in [2.45, 2.75) is 25.7 Å². The molecule has 1 aromatic carbocycles. The number of morpholine rings is 1. The first-order valence-corrected chi connectivity index (χ1v) is 11.1. The molecule has 0 amide bonds. The van der Waals surface area contributed by atoms with Crippen molar-refractivity contribution in [1.82, 2.24) is 9.97 Å². The molecule has 1 aliphatic heterocycles. The van der Waals surface area contributed by atoms with Gasteiger partial charge in [0, 0.05) is 24.5 Å². The summed E-state index contributed by atoms with van der Waals surface area (Å²) in [7, 11) is 0. The second kappa shape index (κ2) is 10.3. The van der Waals surface area contributed by atoms with Gasteiger partial charge in [0.05, 0.1) is 26.0 Å². The Kier molecular flexibility index (Phi) is 7.25. The lowest BCUT2D eigenvalue weighted by Gasteiger charge is -2.28. The van der Waals surface area contributed by atoms with Crippen LogP contribution in [-0.4, -0.2) is 49.4 Å². The van der Waals surface area contributed by atoms with E-state index in [0.717, 1.165) is 51.4 Å². The fourth-order valence-electron chi connectivity index (χ4n) is 4.05. The minimum Gasteiger partial charge on any atom is -0.476 e. The molecule has 3 N–H and O–H groups in total. The van der Waals surface area contributed by atoms with Crippen LogP contribution < -0.4 is 20.7 Å². The average Bonchev–Trinajstić information content (AvgIpc) is 2.81. The molecule has 0 spiro atoms. The Morgan fingerprint density at radius 2 is 1.80 bits per heavy atom. The van der Waals surface area contributed by atoms with Crippen molar-refractivity contribution >= 4 is 28.9 Å². The van der Waals surface area contributed by atoms with Gasteiger partial charge in [0.15, 0.2) is 0 Å². The standard InChI is InChI=1S/C22H30ClN5O2/c23-20-14-25-22(27-21(20)30-15-17-3-1-16(13-24)2-4-17)26-18-5-7-19(8-6-18)28-9-11-29-12-10-28/h5-8,14,16-17H,1-4,9-13,15,24H2,(H,25,26,27). The lowest BCUT2D eigenvalue weighted by molar-refractivity contribution is 0.122. The van der Waals surface area contributed by atoms with Crippen molar-refractivity contribution < 1.29 is 9.47 Å². The van der Waals surface area contributed by atoms with Crippen molar-refractivity contribution in [2.24, 2.45) is 17.6 Å². The van der Waals surface area contributed by atoms with E-state index in [-0.39, 0.29) is 0 Å². The SMILES string of the molecule is NCC1CCC(COc2nc(Nc3ccc(N4CCOCC4)cc3)ncc2Cl)CC1. The molecular weight excluding hydrogens is 402 g/mol. The summed E-state index contributed by atoms with van der Waals surface area (Å²) in [5, 5.41) is 3.66. The predicted octanol–water partition coefficient (Wildman–Crippen LogP) is 3.85. The van der Waals surface area contributed by atoms with Crippen LogP contribution in [0.3, 0.4) is 0 Å². The largest absolute Gasteiger partial charge is 0.476 e. The summed E-state index contributed by atoms with van der Waals surface area (Å²) in [6.45, 7) is 4.80. The van der Waals surface area contributed by atoms with Gasteiger partial charge in [-0.05, 0) is 68.3 Å². The Labute approximate surface area is 182 Å². The zero-order valence-corrected chi connectivity index (χ0v) is 18.0. The Morgan fingerprint density at radius 3 is 2.50 bits per heavy atom. The van der Waals surface area contributed by atoms with Gasteiger partial charge < -0.3 is 25.4 Å². The number of hydrogen-bond donors (Lipinski definition) is 2. The molecule has 8 heteroatoms. The van der Waals surface area contributed by atoms with E-state index < -0.39 is 0 Å². The van der Waals surface area contributed by atoms with E-state index >= 15 is 0 Å². The second-order valence-corrected chi connectivity index (χ2v) is 8.46. The molecule has 2 aromatic rings. The van der Waals surface area contributed by atoms with Crippen LogP contribution in [-0.2, 0) is 4.74 Å². The molecule has 2 heterocycles. The van der Waals surface area contributed by atoms with Crippen molar-refractivity contribution in [3.8, 4) is 5.88 Å². The quantitative estimate of drug-likeness (QED) is 0.688. The smallest absolute Gasteiger partial charge is 0.237 e. The highest BCUT2D eigenvalue weighted by atomic mass is 35.5. The number of halogens is 1. The van der Waals surface area contributed by atoms with Gasteiger partial charge in [-0.2, -0.15) is 4.98 Å². The van der Waals surface area contributed by atoms with E-state index in [1.165, 1.54) is 18.5 Å². The number of anilines is 3. The summed E-state index contributed by atoms with van der Waals surface area (Å²) in [6, 6.07) is 8.25. The molecule has 1 saturated heterocycles. The molecule has 1 aromatic heterocycles. The number of rotatable bonds is 7. The maximum atomic E-state index is 6.26. The van der Waals surface area contributed by atoms with Gasteiger partial charge in [0.2, 0.25) is 11.8 Å². The average molecular weight is 432 g/mol. The van der Waals surface area contributed by atoms with Crippen LogP contribution in [0.4, 0.5) is 17.3 Å². The first-order valence-electron chi connectivity index (χ1n) is 10.8. The van der Waals surface area contributed by atoms with Crippen molar-refractivity contribution in [3.05, 3.63) is 35.5 Å². The van der Waals surface area contributed by atoms with Crippen LogP contribution in [0.25, 0.3) is 0 Å². The number of nitrogens with two attached hydrogens (primary N) is 1. The fourth-order valence-corrected chi connectivity index (χ4v) is 4.20. The van der Waals surface area contributed by atoms with E-state index in [2.05, 4.69) is 32.3 Å². The van der Waals surface area contributed by atoms with Gasteiger partial charge in [-0.1, -0.05) is 11.6 Å². The highest BCUT2D eigenvalue weighted by Crippen LogP contribution is 2.30. The molecule has 162 valence electrons. The van der Waals surface area contributed by atoms with Gasteiger partial charge in [0.25, 0.3) is 0 Å². The van der Waals surface area contributed by atoms with Gasteiger partial charge in [-0.15, -0.1) is 0 Å². The van der Waals surface area contributed by atoms with E-state index in [4.69, 9.17) is 26.8 Å². The van der Waals surface area contributed by atoms with Crippen LogP contribution in [0.15, 0.2) is 30.5 Å². The third kappa shape index (κ3) is 5.53. The zero-order valence-electron chi connectivity index (χ0n) is 17.2. The normalized spacial score (nSPS) is 22.0. The van der Waals surface area contributed by atoms with Crippen LogP contribution >= 0.6 is 11.6 Å². The second-order valence-electron chi connectivity index (χ2n) is 8.05. The minimum atomic E-state index is 0.429. The van der Waals surface area contributed by atoms with Crippen LogP contribution in [0, 0.1) is 11.8 Å². The Morgan fingerprint density at radius 1 is 1.10 bits per heavy atom. The maximum absolute atomic E-state index is 6.26. The first kappa shape index (κ1) is 21.2. The number of aromatic nitrogens is 2. The zero-order chi connectivity index (χ0) is 20.8. The molecular formula is C22H30ClN5O2. The monoisotopic (exact) mass is 431 g/mol. The van der Waals surface area contributed by atoms with Gasteiger partial charge in [-0.3, -0.25) is 0 Å². The summed E-state index contributed by atoms with van der Waals surface area (Å²) >= 11 is 6.26. The molecule has 30 heavy (non-hydrogen) atoms. The van der Waals surface area contributed by atoms with Crippen molar-refractivity contribution in [1.29, 1.82) is 0 Å². The van der Waals surface area contributed by atoms with E-state index in [0.29, 0.717) is 35.3 Å². The van der Waals surface area contributed by atoms with E-state index in [9.17, 15) is 0 Å². The third-order valence-electron chi connectivity index (χ3n) is 5.97. The summed E-state index contributed by atoms with van der Waals surface area (Å²) in [5.74, 6) is 2.10. The fraction of sp³-hybridized carbons (Fsp3) is 0.545. The van der Waals surface area contributed by atoms with Crippen LogP contribution in [0.1, 0.15) is 25.7 Å². The lowest BCUT2D eigenvalue weighted by atomic mass is 9.82. The molecule has 7 nitrogen and oxygen atoms in total. The predicted molar refractivity (Wildman–Crippen MR) is 120 cm³/mol. The Hall–Kier alpha value is -2.09. The molecule has 0 bridgehead atoms. The summed E-state index contributed by atoms with van der Waals surface area (Å²) in [6.07, 6.45) is 6.22. The molecule has 1 saturated carbocycles.